The van der Waals surface area contributed by atoms with Crippen molar-refractivity contribution in [2.24, 2.45) is 0 Å². The molecule has 3 nitrogen and oxygen atoms in total. The summed E-state index contributed by atoms with van der Waals surface area (Å²) in [6, 6.07) is 6.66. The molecule has 0 amide bonds. The largest absolute Gasteiger partial charge is 0.496 e. The van der Waals surface area contributed by atoms with Crippen LogP contribution >= 0.6 is 0 Å². The first-order valence-electron chi connectivity index (χ1n) is 7.92. The molecule has 3 heteroatoms. The van der Waals surface area contributed by atoms with Crippen LogP contribution in [-0.2, 0) is 13.1 Å². The molecule has 0 bridgehead atoms. The number of ether oxygens (including phenoxy) is 1. The van der Waals surface area contributed by atoms with Gasteiger partial charge in [0, 0.05) is 18.7 Å². The predicted octanol–water partition coefficient (Wildman–Crippen LogP) is 3.18. The average molecular weight is 276 g/mol. The molecule has 20 heavy (non-hydrogen) atoms. The van der Waals surface area contributed by atoms with E-state index in [0.29, 0.717) is 0 Å². The molecular weight excluding hydrogens is 248 g/mol. The van der Waals surface area contributed by atoms with Crippen LogP contribution in [0.15, 0.2) is 18.2 Å². The number of nitrogens with one attached hydrogen (secondary N) is 1. The van der Waals surface area contributed by atoms with Crippen molar-refractivity contribution >= 4 is 0 Å². The number of likely N-dealkylation sites (tertiary alicyclic amines) is 1. The van der Waals surface area contributed by atoms with Gasteiger partial charge < -0.3 is 10.1 Å². The third kappa shape index (κ3) is 4.50. The van der Waals surface area contributed by atoms with Gasteiger partial charge >= 0.3 is 0 Å². The maximum atomic E-state index is 5.55. The molecule has 0 radical (unpaired) electrons. The van der Waals surface area contributed by atoms with Crippen molar-refractivity contribution in [1.29, 1.82) is 0 Å². The molecule has 1 aromatic carbocycles. The molecule has 0 spiro atoms. The highest BCUT2D eigenvalue weighted by Crippen LogP contribution is 2.22. The predicted molar refractivity (Wildman–Crippen MR) is 84.1 cm³/mol. The third-order valence-electron chi connectivity index (χ3n) is 3.98. The van der Waals surface area contributed by atoms with E-state index in [-0.39, 0.29) is 0 Å². The Balaban J connectivity index is 1.92. The van der Waals surface area contributed by atoms with Gasteiger partial charge in [0.2, 0.25) is 0 Å². The first kappa shape index (κ1) is 15.3. The van der Waals surface area contributed by atoms with Crippen LogP contribution in [0.1, 0.15) is 43.7 Å². The molecule has 0 aliphatic carbocycles. The summed E-state index contributed by atoms with van der Waals surface area (Å²) in [6.07, 6.45) is 5.15. The van der Waals surface area contributed by atoms with Gasteiger partial charge in [-0.15, -0.1) is 0 Å². The van der Waals surface area contributed by atoms with Gasteiger partial charge in [-0.2, -0.15) is 0 Å². The summed E-state index contributed by atoms with van der Waals surface area (Å²) in [5, 5.41) is 3.48. The van der Waals surface area contributed by atoms with Gasteiger partial charge in [-0.3, -0.25) is 4.90 Å². The summed E-state index contributed by atoms with van der Waals surface area (Å²) >= 11 is 0. The molecule has 1 saturated heterocycles. The number of unbranched alkanes of at least 4 members (excludes halogenated alkanes) is 1. The normalized spacial score (nSPS) is 15.7. The highest BCUT2D eigenvalue weighted by Gasteiger charge is 2.12. The zero-order valence-corrected chi connectivity index (χ0v) is 13.0. The van der Waals surface area contributed by atoms with Crippen LogP contribution in [0.5, 0.6) is 5.75 Å². The van der Waals surface area contributed by atoms with Gasteiger partial charge in [-0.25, -0.2) is 0 Å². The minimum absolute atomic E-state index is 0.896. The van der Waals surface area contributed by atoms with E-state index in [9.17, 15) is 0 Å². The summed E-state index contributed by atoms with van der Waals surface area (Å²) in [4.78, 5) is 2.52. The molecule has 2 rings (SSSR count). The Morgan fingerprint density at radius 3 is 2.75 bits per heavy atom. The minimum Gasteiger partial charge on any atom is -0.496 e. The van der Waals surface area contributed by atoms with Gasteiger partial charge in [0.1, 0.15) is 5.75 Å². The van der Waals surface area contributed by atoms with Crippen molar-refractivity contribution in [2.75, 3.05) is 26.7 Å². The van der Waals surface area contributed by atoms with Crippen LogP contribution in [0.25, 0.3) is 0 Å². The van der Waals surface area contributed by atoms with Gasteiger partial charge in [-0.1, -0.05) is 25.5 Å². The van der Waals surface area contributed by atoms with E-state index in [1.807, 2.05) is 0 Å². The van der Waals surface area contributed by atoms with E-state index in [1.165, 1.54) is 49.9 Å². The van der Waals surface area contributed by atoms with E-state index < -0.39 is 0 Å². The molecule has 1 N–H and O–H groups in total. The van der Waals surface area contributed by atoms with Gasteiger partial charge in [0.15, 0.2) is 0 Å². The van der Waals surface area contributed by atoms with E-state index in [1.54, 1.807) is 7.11 Å². The maximum absolute atomic E-state index is 5.55. The zero-order valence-electron chi connectivity index (χ0n) is 13.0. The molecule has 1 aliphatic rings. The van der Waals surface area contributed by atoms with Crippen LogP contribution in [0.3, 0.4) is 0 Å². The van der Waals surface area contributed by atoms with Gasteiger partial charge in [0.05, 0.1) is 7.11 Å². The van der Waals surface area contributed by atoms with Crippen molar-refractivity contribution in [2.45, 2.75) is 45.7 Å². The SMILES string of the molecule is CCCCNCc1ccc(CN2CCCC2)cc1OC. The van der Waals surface area contributed by atoms with E-state index >= 15 is 0 Å². The third-order valence-corrected chi connectivity index (χ3v) is 3.98. The molecule has 1 heterocycles. The molecule has 0 aromatic heterocycles. The molecule has 1 aliphatic heterocycles. The Labute approximate surface area is 123 Å². The molecule has 0 unspecified atom stereocenters. The minimum atomic E-state index is 0.896. The van der Waals surface area contributed by atoms with E-state index in [0.717, 1.165) is 25.4 Å². The van der Waals surface area contributed by atoms with Crippen molar-refractivity contribution in [3.63, 3.8) is 0 Å². The molecule has 0 saturated carbocycles. The lowest BCUT2D eigenvalue weighted by Crippen LogP contribution is -2.19. The summed E-state index contributed by atoms with van der Waals surface area (Å²) < 4.78 is 5.55. The number of methoxy groups -OCH3 is 1. The highest BCUT2D eigenvalue weighted by molar-refractivity contribution is 5.37. The van der Waals surface area contributed by atoms with Crippen LogP contribution in [0.4, 0.5) is 0 Å². The lowest BCUT2D eigenvalue weighted by Gasteiger charge is -2.16. The van der Waals surface area contributed by atoms with Crippen molar-refractivity contribution < 1.29 is 4.74 Å². The zero-order chi connectivity index (χ0) is 14.2. The summed E-state index contributed by atoms with van der Waals surface area (Å²) in [6.45, 7) is 7.73. The Morgan fingerprint density at radius 2 is 2.05 bits per heavy atom. The van der Waals surface area contributed by atoms with E-state index in [4.69, 9.17) is 4.74 Å². The number of hydrogen-bond acceptors (Lipinski definition) is 3. The van der Waals surface area contributed by atoms with Gasteiger partial charge in [0.25, 0.3) is 0 Å². The second-order valence-electron chi connectivity index (χ2n) is 5.66. The smallest absolute Gasteiger partial charge is 0.123 e. The molecule has 0 atom stereocenters. The number of benzene rings is 1. The molecule has 1 aromatic rings. The monoisotopic (exact) mass is 276 g/mol. The van der Waals surface area contributed by atoms with Crippen molar-refractivity contribution in [3.05, 3.63) is 29.3 Å². The number of rotatable bonds is 8. The standard InChI is InChI=1S/C17H28N2O/c1-3-4-9-18-13-16-8-7-15(12-17(16)20-2)14-19-10-5-6-11-19/h7-8,12,18H,3-6,9-11,13-14H2,1-2H3. The topological polar surface area (TPSA) is 24.5 Å². The van der Waals surface area contributed by atoms with Gasteiger partial charge in [-0.05, 0) is 50.5 Å². The first-order valence-corrected chi connectivity index (χ1v) is 7.92. The lowest BCUT2D eigenvalue weighted by atomic mass is 10.1. The maximum Gasteiger partial charge on any atom is 0.123 e. The fraction of sp³-hybridized carbons (Fsp3) is 0.647. The fourth-order valence-electron chi connectivity index (χ4n) is 2.76. The Hall–Kier alpha value is -1.06. The van der Waals surface area contributed by atoms with Crippen molar-refractivity contribution in [1.82, 2.24) is 10.2 Å². The highest BCUT2D eigenvalue weighted by atomic mass is 16.5. The average Bonchev–Trinajstić information content (AvgIpc) is 2.97. The summed E-state index contributed by atoms with van der Waals surface area (Å²) in [5.41, 5.74) is 2.62. The second-order valence-corrected chi connectivity index (χ2v) is 5.66. The van der Waals surface area contributed by atoms with Crippen LogP contribution in [0.2, 0.25) is 0 Å². The Bertz CT molecular complexity index is 400. The fourth-order valence-corrected chi connectivity index (χ4v) is 2.76. The van der Waals surface area contributed by atoms with E-state index in [2.05, 4.69) is 35.3 Å². The Kier molecular flexibility index (Phi) is 6.34. The van der Waals surface area contributed by atoms with Crippen LogP contribution < -0.4 is 10.1 Å². The summed E-state index contributed by atoms with van der Waals surface area (Å²) in [7, 11) is 1.77. The molecular formula is C17H28N2O. The lowest BCUT2D eigenvalue weighted by molar-refractivity contribution is 0.330. The number of hydrogen-bond donors (Lipinski definition) is 1. The quantitative estimate of drug-likeness (QED) is 0.738. The molecule has 1 fully saturated rings. The second kappa shape index (κ2) is 8.28. The number of nitrogens with zero attached hydrogens (tertiary/aromatic N) is 1. The summed E-state index contributed by atoms with van der Waals surface area (Å²) in [5.74, 6) is 1.02. The Morgan fingerprint density at radius 1 is 1.25 bits per heavy atom. The van der Waals surface area contributed by atoms with Crippen LogP contribution in [-0.4, -0.2) is 31.6 Å². The van der Waals surface area contributed by atoms with Crippen LogP contribution in [0, 0.1) is 0 Å². The molecule has 112 valence electrons. The van der Waals surface area contributed by atoms with Crippen molar-refractivity contribution in [3.8, 4) is 5.75 Å². The first-order chi connectivity index (χ1) is 9.83.